The van der Waals surface area contributed by atoms with Gasteiger partial charge in [0.1, 0.15) is 23.5 Å². The van der Waals surface area contributed by atoms with E-state index in [9.17, 15) is 24.0 Å². The maximum atomic E-state index is 14.8. The first kappa shape index (κ1) is 32.2. The number of carbonyl (C=O) groups excluding carboxylic acids is 3. The summed E-state index contributed by atoms with van der Waals surface area (Å²) in [6.07, 6.45) is 1.91. The molecule has 0 spiro atoms. The fourth-order valence-electron chi connectivity index (χ4n) is 4.81. The zero-order valence-electron chi connectivity index (χ0n) is 23.8. The molecule has 1 aliphatic carbocycles. The summed E-state index contributed by atoms with van der Waals surface area (Å²) < 4.78 is 20.0. The lowest BCUT2D eigenvalue weighted by atomic mass is 9.80. The summed E-state index contributed by atoms with van der Waals surface area (Å²) in [4.78, 5) is 37.9. The largest absolute Gasteiger partial charge is 0.444 e. The Balaban J connectivity index is 1.67. The molecule has 41 heavy (non-hydrogen) atoms. The summed E-state index contributed by atoms with van der Waals surface area (Å²) >= 11 is 12.7. The van der Waals surface area contributed by atoms with Crippen LogP contribution in [0.3, 0.4) is 0 Å². The Kier molecular flexibility index (Phi) is 10.6. The average Bonchev–Trinajstić information content (AvgIpc) is 2.85. The van der Waals surface area contributed by atoms with E-state index in [4.69, 9.17) is 27.9 Å². The van der Waals surface area contributed by atoms with Crippen LogP contribution in [0.15, 0.2) is 24.3 Å². The van der Waals surface area contributed by atoms with Gasteiger partial charge in [0.25, 0.3) is 0 Å². The Hall–Kier alpha value is -3.35. The van der Waals surface area contributed by atoms with E-state index >= 15 is 0 Å². The Labute approximate surface area is 249 Å². The van der Waals surface area contributed by atoms with Gasteiger partial charge in [0.2, 0.25) is 5.91 Å². The first-order chi connectivity index (χ1) is 19.2. The van der Waals surface area contributed by atoms with Crippen molar-refractivity contribution in [1.29, 1.82) is 5.26 Å². The van der Waals surface area contributed by atoms with Crippen LogP contribution in [0.5, 0.6) is 0 Å². The number of ether oxygens (including phenoxy) is 1. The monoisotopic (exact) mass is 604 g/mol. The second kappa shape index (κ2) is 13.5. The van der Waals surface area contributed by atoms with E-state index in [1.54, 1.807) is 26.8 Å². The maximum Gasteiger partial charge on any atom is 0.408 e. The van der Waals surface area contributed by atoms with Gasteiger partial charge in [-0.2, -0.15) is 5.26 Å². The van der Waals surface area contributed by atoms with Gasteiger partial charge in [-0.15, -0.1) is 0 Å². The summed E-state index contributed by atoms with van der Waals surface area (Å²) in [6.45, 7) is 8.47. The Morgan fingerprint density at radius 1 is 1.12 bits per heavy atom. The number of alkyl carbamates (subject to hydrolysis) is 1. The number of rotatable bonds is 7. The Bertz CT molecular complexity index is 1370. The zero-order valence-corrected chi connectivity index (χ0v) is 25.3. The highest BCUT2D eigenvalue weighted by Gasteiger charge is 2.26. The highest BCUT2D eigenvalue weighted by Crippen LogP contribution is 2.38. The van der Waals surface area contributed by atoms with Crippen LogP contribution < -0.4 is 16.0 Å². The van der Waals surface area contributed by atoms with E-state index in [2.05, 4.69) is 22.9 Å². The zero-order chi connectivity index (χ0) is 30.5. The molecule has 3 N–H and O–H groups in total. The number of Topliss-reactive ketones (excluding diaryl/α,β-unsaturated/α-hetero) is 1. The number of ketones is 1. The van der Waals surface area contributed by atoms with Gasteiger partial charge in [-0.25, -0.2) is 9.18 Å². The SMILES string of the molecule is CC1CCC(C(=O)CNc2cc(NC(=O)[C@@H](C)NC(=O)OC(C)(C)C)c(C#N)cc2F)CCc2cc(Cl)cc(Cl)c21. The molecule has 8 nitrogen and oxygen atoms in total. The summed E-state index contributed by atoms with van der Waals surface area (Å²) in [5.74, 6) is -1.52. The van der Waals surface area contributed by atoms with E-state index in [1.165, 1.54) is 13.0 Å². The number of fused-ring (bicyclic) bond motifs is 1. The number of nitrogens with one attached hydrogen (secondary N) is 3. The molecule has 0 aliphatic heterocycles. The highest BCUT2D eigenvalue weighted by molar-refractivity contribution is 6.35. The lowest BCUT2D eigenvalue weighted by Crippen LogP contribution is -2.44. The van der Waals surface area contributed by atoms with Crippen LogP contribution in [0.2, 0.25) is 10.0 Å². The predicted octanol–water partition coefficient (Wildman–Crippen LogP) is 6.98. The van der Waals surface area contributed by atoms with Crippen molar-refractivity contribution in [3.05, 3.63) is 56.8 Å². The smallest absolute Gasteiger partial charge is 0.408 e. The molecule has 0 saturated carbocycles. The van der Waals surface area contributed by atoms with Gasteiger partial charge in [-0.1, -0.05) is 30.1 Å². The van der Waals surface area contributed by atoms with Crippen molar-refractivity contribution in [2.24, 2.45) is 5.92 Å². The van der Waals surface area contributed by atoms with Gasteiger partial charge in [0.05, 0.1) is 23.5 Å². The lowest BCUT2D eigenvalue weighted by molar-refractivity contribution is -0.121. The molecule has 0 fully saturated rings. The summed E-state index contributed by atoms with van der Waals surface area (Å²) in [5, 5.41) is 18.5. The van der Waals surface area contributed by atoms with Crippen molar-refractivity contribution in [1.82, 2.24) is 5.32 Å². The molecule has 2 unspecified atom stereocenters. The van der Waals surface area contributed by atoms with Crippen LogP contribution in [-0.4, -0.2) is 36.0 Å². The number of nitrogens with zero attached hydrogens (tertiary/aromatic N) is 1. The van der Waals surface area contributed by atoms with Crippen LogP contribution in [0, 0.1) is 23.1 Å². The molecule has 3 rings (SSSR count). The molecule has 0 aromatic heterocycles. The van der Waals surface area contributed by atoms with Crippen molar-refractivity contribution < 1.29 is 23.5 Å². The molecule has 2 aromatic carbocycles. The van der Waals surface area contributed by atoms with E-state index in [0.29, 0.717) is 29.3 Å². The van der Waals surface area contributed by atoms with Crippen LogP contribution in [0.25, 0.3) is 0 Å². The van der Waals surface area contributed by atoms with Crippen molar-refractivity contribution in [2.45, 2.75) is 77.9 Å². The number of hydrogen-bond donors (Lipinski definition) is 3. The third kappa shape index (κ3) is 8.82. The van der Waals surface area contributed by atoms with Gasteiger partial charge in [0, 0.05) is 16.0 Å². The van der Waals surface area contributed by atoms with Gasteiger partial charge < -0.3 is 20.7 Å². The van der Waals surface area contributed by atoms with Crippen molar-refractivity contribution in [2.75, 3.05) is 17.2 Å². The van der Waals surface area contributed by atoms with Crippen LogP contribution in [0.4, 0.5) is 20.6 Å². The van der Waals surface area contributed by atoms with E-state index in [1.807, 2.05) is 12.1 Å². The minimum absolute atomic E-state index is 0.0384. The quantitative estimate of drug-likeness (QED) is 0.313. The lowest BCUT2D eigenvalue weighted by Gasteiger charge is -2.26. The standard InChI is InChI=1S/C30H35Cl2FN4O4/c1-16-6-7-18(8-9-19-10-21(31)12-22(32)27(16)19)26(38)15-35-25-13-24(20(14-34)11-23(25)33)37-28(39)17(2)36-29(40)41-30(3,4)5/h10-13,16-18,35H,6-9,15H2,1-5H3,(H,36,40)(H,37,39)/t16?,17-,18?/m1/s1. The third-order valence-corrected chi connectivity index (χ3v) is 7.43. The minimum Gasteiger partial charge on any atom is -0.444 e. The summed E-state index contributed by atoms with van der Waals surface area (Å²) in [5.41, 5.74) is 1.26. The summed E-state index contributed by atoms with van der Waals surface area (Å²) in [7, 11) is 0. The van der Waals surface area contributed by atoms with Gasteiger partial charge >= 0.3 is 6.09 Å². The number of carbonyl (C=O) groups is 3. The van der Waals surface area contributed by atoms with E-state index < -0.39 is 29.5 Å². The molecule has 0 radical (unpaired) electrons. The molecular formula is C30H35Cl2FN4O4. The van der Waals surface area contributed by atoms with Crippen LogP contribution >= 0.6 is 23.2 Å². The fraction of sp³-hybridized carbons (Fsp3) is 0.467. The highest BCUT2D eigenvalue weighted by atomic mass is 35.5. The number of nitriles is 1. The number of anilines is 2. The molecule has 0 saturated heterocycles. The molecule has 0 bridgehead atoms. The molecule has 2 amide bonds. The van der Waals surface area contributed by atoms with Crippen LogP contribution in [0.1, 0.15) is 76.5 Å². The van der Waals surface area contributed by atoms with Crippen molar-refractivity contribution >= 4 is 52.4 Å². The normalized spacial score (nSPS) is 17.6. The van der Waals surface area contributed by atoms with Crippen molar-refractivity contribution in [3.63, 3.8) is 0 Å². The predicted molar refractivity (Wildman–Crippen MR) is 158 cm³/mol. The summed E-state index contributed by atoms with van der Waals surface area (Å²) in [6, 6.07) is 6.73. The molecular weight excluding hydrogens is 570 g/mol. The number of amides is 2. The first-order valence-corrected chi connectivity index (χ1v) is 14.2. The molecule has 2 aromatic rings. The molecule has 0 heterocycles. The first-order valence-electron chi connectivity index (χ1n) is 13.5. The second-order valence-corrected chi connectivity index (χ2v) is 12.2. The number of halogens is 3. The number of benzene rings is 2. The van der Waals surface area contributed by atoms with Gasteiger partial charge in [-0.3, -0.25) is 9.59 Å². The minimum atomic E-state index is -1.00. The van der Waals surface area contributed by atoms with Crippen molar-refractivity contribution in [3.8, 4) is 6.07 Å². The number of aryl methyl sites for hydroxylation is 1. The fourth-order valence-corrected chi connectivity index (χ4v) is 5.53. The maximum absolute atomic E-state index is 14.8. The molecule has 1 aliphatic rings. The topological polar surface area (TPSA) is 120 Å². The third-order valence-electron chi connectivity index (χ3n) is 6.90. The molecule has 3 atom stereocenters. The van der Waals surface area contributed by atoms with E-state index in [-0.39, 0.29) is 41.1 Å². The van der Waals surface area contributed by atoms with Gasteiger partial charge in [0.15, 0.2) is 5.78 Å². The average molecular weight is 606 g/mol. The number of hydrogen-bond acceptors (Lipinski definition) is 6. The Morgan fingerprint density at radius 3 is 2.49 bits per heavy atom. The van der Waals surface area contributed by atoms with Crippen LogP contribution in [-0.2, 0) is 20.7 Å². The molecule has 11 heteroatoms. The molecule has 220 valence electrons. The van der Waals surface area contributed by atoms with Gasteiger partial charge in [-0.05, 0) is 94.7 Å². The Morgan fingerprint density at radius 2 is 1.83 bits per heavy atom. The second-order valence-electron chi connectivity index (χ2n) is 11.3. The van der Waals surface area contributed by atoms with E-state index in [0.717, 1.165) is 23.6 Å².